The number of hydrogen-bond donors (Lipinski definition) is 0. The highest BCUT2D eigenvalue weighted by Crippen LogP contribution is 2.23. The molecule has 0 heterocycles. The second-order valence-corrected chi connectivity index (χ2v) is 8.06. The molecule has 0 fully saturated rings. The Labute approximate surface area is 131 Å². The summed E-state index contributed by atoms with van der Waals surface area (Å²) in [5, 5.41) is 0. The Balaban J connectivity index is 2.79. The van der Waals surface area contributed by atoms with Gasteiger partial charge in [0.1, 0.15) is 5.75 Å². The van der Waals surface area contributed by atoms with Gasteiger partial charge in [-0.1, -0.05) is 12.1 Å². The van der Waals surface area contributed by atoms with Gasteiger partial charge in [-0.25, -0.2) is 0 Å². The first kappa shape index (κ1) is 18.9. The Hall–Kier alpha value is -1.16. The topological polar surface area (TPSA) is 96.0 Å². The molecule has 7 nitrogen and oxygen atoms in total. The van der Waals surface area contributed by atoms with E-state index in [0.29, 0.717) is 12.2 Å². The van der Waals surface area contributed by atoms with Crippen LogP contribution in [-0.2, 0) is 28.6 Å². The first-order valence-electron chi connectivity index (χ1n) is 6.43. The highest BCUT2D eigenvalue weighted by Gasteiger charge is 2.16. The van der Waals surface area contributed by atoms with Gasteiger partial charge in [0, 0.05) is 5.92 Å². The van der Waals surface area contributed by atoms with E-state index in [1.807, 2.05) is 0 Å². The van der Waals surface area contributed by atoms with Crippen molar-refractivity contribution in [1.82, 2.24) is 0 Å². The van der Waals surface area contributed by atoms with E-state index >= 15 is 0 Å². The molecule has 0 radical (unpaired) electrons. The summed E-state index contributed by atoms with van der Waals surface area (Å²) in [4.78, 5) is 0. The minimum atomic E-state index is -3.58. The van der Waals surface area contributed by atoms with Crippen LogP contribution in [0.15, 0.2) is 24.3 Å². The Morgan fingerprint density at radius 2 is 1.50 bits per heavy atom. The molecule has 1 aromatic rings. The van der Waals surface area contributed by atoms with Gasteiger partial charge in [0.2, 0.25) is 0 Å². The average molecular weight is 352 g/mol. The van der Waals surface area contributed by atoms with Gasteiger partial charge in [-0.3, -0.25) is 8.37 Å². The summed E-state index contributed by atoms with van der Waals surface area (Å²) in [5.74, 6) is 0.348. The van der Waals surface area contributed by atoms with Gasteiger partial charge in [0.05, 0.1) is 32.8 Å². The molecule has 0 aliphatic carbocycles. The highest BCUT2D eigenvalue weighted by atomic mass is 32.2. The smallest absolute Gasteiger partial charge is 0.264 e. The molecule has 0 spiro atoms. The fourth-order valence-electron chi connectivity index (χ4n) is 1.77. The van der Waals surface area contributed by atoms with Crippen LogP contribution in [0.25, 0.3) is 0 Å². The molecular formula is C13H20O7S2. The van der Waals surface area contributed by atoms with Gasteiger partial charge >= 0.3 is 0 Å². The summed E-state index contributed by atoms with van der Waals surface area (Å²) < 4.78 is 58.8. The standard InChI is InChI=1S/C13H20O7S2/c1-18-13-6-4-11(5-7-13)12(10-20-22(3,16)17)8-9-19-21(2,14)15/h4-7,12H,8-10H2,1-3H3/t12-/m0/s1. The third kappa shape index (κ3) is 7.74. The number of hydrogen-bond acceptors (Lipinski definition) is 7. The molecule has 1 atom stereocenters. The molecule has 0 aromatic heterocycles. The summed E-state index contributed by atoms with van der Waals surface area (Å²) in [7, 11) is -5.57. The van der Waals surface area contributed by atoms with Crippen LogP contribution in [0.4, 0.5) is 0 Å². The Morgan fingerprint density at radius 3 is 1.95 bits per heavy atom. The van der Waals surface area contributed by atoms with E-state index in [9.17, 15) is 16.8 Å². The maximum absolute atomic E-state index is 11.1. The van der Waals surface area contributed by atoms with Crippen LogP contribution in [0, 0.1) is 0 Å². The van der Waals surface area contributed by atoms with Crippen molar-refractivity contribution in [2.45, 2.75) is 12.3 Å². The Kier molecular flexibility index (Phi) is 6.79. The molecule has 9 heteroatoms. The maximum Gasteiger partial charge on any atom is 0.264 e. The predicted octanol–water partition coefficient (Wildman–Crippen LogP) is 1.12. The molecule has 0 amide bonds. The number of methoxy groups -OCH3 is 1. The summed E-state index contributed by atoms with van der Waals surface area (Å²) >= 11 is 0. The second kappa shape index (κ2) is 7.91. The minimum absolute atomic E-state index is 0.0529. The molecule has 0 N–H and O–H groups in total. The van der Waals surface area contributed by atoms with Crippen LogP contribution in [-0.4, -0.2) is 49.7 Å². The molecule has 0 aliphatic rings. The molecule has 0 saturated carbocycles. The van der Waals surface area contributed by atoms with Crippen LogP contribution in [0.2, 0.25) is 0 Å². The van der Waals surface area contributed by atoms with Crippen molar-refractivity contribution in [1.29, 1.82) is 0 Å². The quantitative estimate of drug-likeness (QED) is 0.614. The monoisotopic (exact) mass is 352 g/mol. The lowest BCUT2D eigenvalue weighted by atomic mass is 9.97. The van der Waals surface area contributed by atoms with E-state index in [1.54, 1.807) is 31.4 Å². The van der Waals surface area contributed by atoms with Gasteiger partial charge in [0.25, 0.3) is 20.2 Å². The van der Waals surface area contributed by atoms with Crippen LogP contribution in [0.5, 0.6) is 5.75 Å². The molecule has 0 aliphatic heterocycles. The molecule has 0 saturated heterocycles. The van der Waals surface area contributed by atoms with E-state index < -0.39 is 20.2 Å². The SMILES string of the molecule is COc1ccc([C@@H](CCOS(C)(=O)=O)COS(C)(=O)=O)cc1. The summed E-state index contributed by atoms with van der Waals surface area (Å²) in [6, 6.07) is 7.02. The first-order valence-corrected chi connectivity index (χ1v) is 10.1. The van der Waals surface area contributed by atoms with E-state index in [1.165, 1.54) is 0 Å². The summed E-state index contributed by atoms with van der Waals surface area (Å²) in [5.41, 5.74) is 0.807. The fraction of sp³-hybridized carbons (Fsp3) is 0.538. The zero-order valence-corrected chi connectivity index (χ0v) is 14.3. The zero-order chi connectivity index (χ0) is 16.8. The Morgan fingerprint density at radius 1 is 0.955 bits per heavy atom. The maximum atomic E-state index is 11.1. The normalized spacial score (nSPS) is 13.8. The van der Waals surface area contributed by atoms with E-state index in [0.717, 1.165) is 18.1 Å². The van der Waals surface area contributed by atoms with Gasteiger partial charge in [-0.05, 0) is 24.1 Å². The largest absolute Gasteiger partial charge is 0.497 e. The highest BCUT2D eigenvalue weighted by molar-refractivity contribution is 7.86. The lowest BCUT2D eigenvalue weighted by Gasteiger charge is -2.17. The molecule has 0 unspecified atom stereocenters. The van der Waals surface area contributed by atoms with Crippen LogP contribution >= 0.6 is 0 Å². The molecule has 0 bridgehead atoms. The number of rotatable bonds is 9. The van der Waals surface area contributed by atoms with Gasteiger partial charge in [-0.15, -0.1) is 0 Å². The third-order valence-corrected chi connectivity index (χ3v) is 3.99. The molecule has 1 aromatic carbocycles. The van der Waals surface area contributed by atoms with Crippen molar-refractivity contribution in [2.24, 2.45) is 0 Å². The Bertz CT molecular complexity index is 663. The average Bonchev–Trinajstić information content (AvgIpc) is 2.40. The fourth-order valence-corrected chi connectivity index (χ4v) is 2.58. The molecule has 1 rings (SSSR count). The van der Waals surface area contributed by atoms with Crippen molar-refractivity contribution >= 4 is 20.2 Å². The van der Waals surface area contributed by atoms with E-state index in [-0.39, 0.29) is 19.1 Å². The van der Waals surface area contributed by atoms with Crippen LogP contribution in [0.1, 0.15) is 17.9 Å². The minimum Gasteiger partial charge on any atom is -0.497 e. The second-order valence-electron chi connectivity index (χ2n) is 4.77. The van der Waals surface area contributed by atoms with Crippen LogP contribution < -0.4 is 4.74 Å². The first-order chi connectivity index (χ1) is 10.1. The number of ether oxygens (including phenoxy) is 1. The summed E-state index contributed by atoms with van der Waals surface area (Å²) in [6.45, 7) is -0.138. The van der Waals surface area contributed by atoms with E-state index in [2.05, 4.69) is 0 Å². The van der Waals surface area contributed by atoms with Gasteiger partial charge < -0.3 is 4.74 Å². The molecular weight excluding hydrogens is 332 g/mol. The summed E-state index contributed by atoms with van der Waals surface area (Å²) in [6.07, 6.45) is 2.22. The third-order valence-electron chi connectivity index (χ3n) is 2.83. The predicted molar refractivity (Wildman–Crippen MR) is 81.9 cm³/mol. The van der Waals surface area contributed by atoms with Crippen molar-refractivity contribution in [2.75, 3.05) is 32.8 Å². The zero-order valence-electron chi connectivity index (χ0n) is 12.7. The van der Waals surface area contributed by atoms with Gasteiger partial charge in [-0.2, -0.15) is 16.8 Å². The van der Waals surface area contributed by atoms with Crippen molar-refractivity contribution in [3.05, 3.63) is 29.8 Å². The molecule has 22 heavy (non-hydrogen) atoms. The van der Waals surface area contributed by atoms with Crippen LogP contribution in [0.3, 0.4) is 0 Å². The van der Waals surface area contributed by atoms with Crippen molar-refractivity contribution in [3.63, 3.8) is 0 Å². The van der Waals surface area contributed by atoms with Crippen molar-refractivity contribution < 1.29 is 29.9 Å². The lowest BCUT2D eigenvalue weighted by molar-refractivity contribution is 0.251. The van der Waals surface area contributed by atoms with E-state index in [4.69, 9.17) is 13.1 Å². The molecule has 126 valence electrons. The van der Waals surface area contributed by atoms with Crippen molar-refractivity contribution in [3.8, 4) is 5.75 Å². The lowest BCUT2D eigenvalue weighted by Crippen LogP contribution is -2.15. The van der Waals surface area contributed by atoms with Gasteiger partial charge in [0.15, 0.2) is 0 Å². The number of benzene rings is 1.